The predicted molar refractivity (Wildman–Crippen MR) is 95.7 cm³/mol. The zero-order valence-electron chi connectivity index (χ0n) is 14.9. The molecule has 0 saturated carbocycles. The minimum Gasteiger partial charge on any atom is -0.481 e. The molecule has 1 aliphatic rings. The molecule has 0 amide bonds. The highest BCUT2D eigenvalue weighted by atomic mass is 16.5. The molecule has 25 heavy (non-hydrogen) atoms. The number of ether oxygens (including phenoxy) is 2. The van der Waals surface area contributed by atoms with Crippen LogP contribution in [0.15, 0.2) is 18.5 Å². The van der Waals surface area contributed by atoms with Gasteiger partial charge in [-0.05, 0) is 6.42 Å². The molecule has 9 heteroatoms. The van der Waals surface area contributed by atoms with Crippen molar-refractivity contribution in [2.75, 3.05) is 56.5 Å². The van der Waals surface area contributed by atoms with Gasteiger partial charge in [-0.2, -0.15) is 9.97 Å². The lowest BCUT2D eigenvalue weighted by Gasteiger charge is -2.19. The summed E-state index contributed by atoms with van der Waals surface area (Å²) in [5.41, 5.74) is 0. The van der Waals surface area contributed by atoms with Crippen molar-refractivity contribution >= 4 is 17.5 Å². The lowest BCUT2D eigenvalue weighted by atomic mass is 10.2. The molecule has 1 aliphatic heterocycles. The summed E-state index contributed by atoms with van der Waals surface area (Å²) in [6.45, 7) is 1.69. The molecule has 1 fully saturated rings. The summed E-state index contributed by atoms with van der Waals surface area (Å²) in [5, 5.41) is 3.47. The molecule has 1 N–H and O–H groups in total. The third kappa shape index (κ3) is 3.98. The van der Waals surface area contributed by atoms with Crippen LogP contribution in [0.3, 0.4) is 0 Å². The molecule has 0 radical (unpaired) electrons. The molecule has 2 aromatic heterocycles. The van der Waals surface area contributed by atoms with E-state index in [1.165, 1.54) is 0 Å². The van der Waals surface area contributed by atoms with Gasteiger partial charge in [-0.3, -0.25) is 0 Å². The monoisotopic (exact) mass is 345 g/mol. The van der Waals surface area contributed by atoms with Gasteiger partial charge in [0.15, 0.2) is 0 Å². The topological polar surface area (TPSA) is 88.5 Å². The molecule has 1 atom stereocenters. The summed E-state index contributed by atoms with van der Waals surface area (Å²) in [7, 11) is 7.04. The number of aromatic nitrogens is 4. The Hall–Kier alpha value is -2.84. The fourth-order valence-corrected chi connectivity index (χ4v) is 2.72. The molecule has 3 heterocycles. The van der Waals surface area contributed by atoms with Gasteiger partial charge in [0.1, 0.15) is 23.8 Å². The number of hydrogen-bond donors (Lipinski definition) is 1. The number of nitrogens with one attached hydrogen (secondary N) is 1. The summed E-state index contributed by atoms with van der Waals surface area (Å²) in [4.78, 5) is 21.2. The highest BCUT2D eigenvalue weighted by Crippen LogP contribution is 2.25. The van der Waals surface area contributed by atoms with E-state index in [1.807, 2.05) is 31.1 Å². The van der Waals surface area contributed by atoms with Crippen LogP contribution in [0.25, 0.3) is 0 Å². The number of methoxy groups -OCH3 is 2. The fraction of sp³-hybridized carbons (Fsp3) is 0.500. The summed E-state index contributed by atoms with van der Waals surface area (Å²) in [6, 6.07) is 4.34. The molecule has 0 aliphatic carbocycles. The van der Waals surface area contributed by atoms with Crippen molar-refractivity contribution in [2.24, 2.45) is 0 Å². The molecule has 9 nitrogen and oxygen atoms in total. The quantitative estimate of drug-likeness (QED) is 0.825. The van der Waals surface area contributed by atoms with E-state index in [0.717, 1.165) is 37.0 Å². The van der Waals surface area contributed by atoms with Gasteiger partial charge in [0.05, 0.1) is 14.2 Å². The normalized spacial score (nSPS) is 16.6. The van der Waals surface area contributed by atoms with E-state index in [2.05, 4.69) is 30.2 Å². The van der Waals surface area contributed by atoms with Crippen molar-refractivity contribution in [2.45, 2.75) is 12.5 Å². The summed E-state index contributed by atoms with van der Waals surface area (Å²) in [5.74, 6) is 2.98. The lowest BCUT2D eigenvalue weighted by Crippen LogP contribution is -2.27. The van der Waals surface area contributed by atoms with Gasteiger partial charge in [-0.25, -0.2) is 9.97 Å². The van der Waals surface area contributed by atoms with Gasteiger partial charge in [0.25, 0.3) is 0 Å². The van der Waals surface area contributed by atoms with Crippen LogP contribution in [-0.2, 0) is 0 Å². The third-order valence-corrected chi connectivity index (χ3v) is 4.04. The number of anilines is 3. The highest BCUT2D eigenvalue weighted by molar-refractivity contribution is 5.50. The number of hydrogen-bond acceptors (Lipinski definition) is 9. The van der Waals surface area contributed by atoms with Crippen LogP contribution in [0.4, 0.5) is 17.5 Å². The Kier molecular flexibility index (Phi) is 5.01. The maximum absolute atomic E-state index is 5.22. The van der Waals surface area contributed by atoms with Crippen LogP contribution >= 0.6 is 0 Å². The summed E-state index contributed by atoms with van der Waals surface area (Å²) in [6.07, 6.45) is 2.56. The summed E-state index contributed by atoms with van der Waals surface area (Å²) < 4.78 is 10.4. The maximum atomic E-state index is 5.22. The Morgan fingerprint density at radius 1 is 1.16 bits per heavy atom. The van der Waals surface area contributed by atoms with Crippen LogP contribution in [0.5, 0.6) is 11.9 Å². The second-order valence-corrected chi connectivity index (χ2v) is 5.99. The van der Waals surface area contributed by atoms with Crippen molar-refractivity contribution in [1.82, 2.24) is 19.9 Å². The minimum absolute atomic E-state index is 0.275. The Bertz CT molecular complexity index is 703. The zero-order valence-corrected chi connectivity index (χ0v) is 14.9. The average Bonchev–Trinajstić information content (AvgIpc) is 3.10. The van der Waals surface area contributed by atoms with Crippen LogP contribution in [0.2, 0.25) is 0 Å². The molecule has 134 valence electrons. The van der Waals surface area contributed by atoms with Crippen LogP contribution in [-0.4, -0.2) is 67.4 Å². The molecule has 2 aromatic rings. The van der Waals surface area contributed by atoms with E-state index in [1.54, 1.807) is 20.5 Å². The lowest BCUT2D eigenvalue weighted by molar-refractivity contribution is 0.352. The highest BCUT2D eigenvalue weighted by Gasteiger charge is 2.25. The predicted octanol–water partition coefficient (Wildman–Crippen LogP) is 1.04. The molecule has 1 saturated heterocycles. The Morgan fingerprint density at radius 3 is 2.72 bits per heavy atom. The second-order valence-electron chi connectivity index (χ2n) is 5.99. The first-order chi connectivity index (χ1) is 12.1. The largest absolute Gasteiger partial charge is 0.481 e. The van der Waals surface area contributed by atoms with Crippen LogP contribution < -0.4 is 24.6 Å². The summed E-state index contributed by atoms with van der Waals surface area (Å²) >= 11 is 0. The van der Waals surface area contributed by atoms with Crippen molar-refractivity contribution in [3.8, 4) is 11.9 Å². The smallest absolute Gasteiger partial charge is 0.321 e. The SMILES string of the molecule is COc1cc(N2CCC(Nc3cc(N(C)C)ncn3)C2)nc(OC)n1. The molecule has 3 rings (SSSR count). The van der Waals surface area contributed by atoms with Gasteiger partial charge in [-0.1, -0.05) is 0 Å². The van der Waals surface area contributed by atoms with E-state index in [4.69, 9.17) is 9.47 Å². The second kappa shape index (κ2) is 7.37. The zero-order chi connectivity index (χ0) is 17.8. The van der Waals surface area contributed by atoms with Crippen molar-refractivity contribution in [3.05, 3.63) is 18.5 Å². The standard InChI is InChI=1S/C16H23N7O2/c1-22(2)13-7-12(17-10-18-13)19-11-5-6-23(9-11)14-8-15(24-3)21-16(20-14)25-4/h7-8,10-11H,5-6,9H2,1-4H3,(H,17,18,19). The van der Waals surface area contributed by atoms with E-state index in [9.17, 15) is 0 Å². The fourth-order valence-electron chi connectivity index (χ4n) is 2.72. The first kappa shape index (κ1) is 17.0. The van der Waals surface area contributed by atoms with Crippen LogP contribution in [0.1, 0.15) is 6.42 Å². The Morgan fingerprint density at radius 2 is 2.00 bits per heavy atom. The van der Waals surface area contributed by atoms with E-state index in [-0.39, 0.29) is 6.04 Å². The first-order valence-electron chi connectivity index (χ1n) is 8.07. The van der Waals surface area contributed by atoms with Gasteiger partial charge < -0.3 is 24.6 Å². The molecular weight excluding hydrogens is 322 g/mol. The molecule has 0 spiro atoms. The minimum atomic E-state index is 0.275. The average molecular weight is 345 g/mol. The first-order valence-corrected chi connectivity index (χ1v) is 8.07. The van der Waals surface area contributed by atoms with Gasteiger partial charge >= 0.3 is 6.01 Å². The van der Waals surface area contributed by atoms with E-state index < -0.39 is 0 Å². The molecule has 0 aromatic carbocycles. The third-order valence-electron chi connectivity index (χ3n) is 4.04. The van der Waals surface area contributed by atoms with Gasteiger partial charge in [-0.15, -0.1) is 0 Å². The Labute approximate surface area is 147 Å². The molecule has 0 bridgehead atoms. The van der Waals surface area contributed by atoms with E-state index in [0.29, 0.717) is 11.9 Å². The van der Waals surface area contributed by atoms with Crippen molar-refractivity contribution in [1.29, 1.82) is 0 Å². The Balaban J connectivity index is 1.69. The van der Waals surface area contributed by atoms with Crippen molar-refractivity contribution in [3.63, 3.8) is 0 Å². The number of rotatable bonds is 6. The maximum Gasteiger partial charge on any atom is 0.321 e. The van der Waals surface area contributed by atoms with Gasteiger partial charge in [0, 0.05) is 45.4 Å². The van der Waals surface area contributed by atoms with Crippen LogP contribution in [0, 0.1) is 0 Å². The number of nitrogens with zero attached hydrogens (tertiary/aromatic N) is 6. The van der Waals surface area contributed by atoms with Crippen molar-refractivity contribution < 1.29 is 9.47 Å². The molecule has 1 unspecified atom stereocenters. The van der Waals surface area contributed by atoms with Gasteiger partial charge in [0.2, 0.25) is 5.88 Å². The molecular formula is C16H23N7O2. The van der Waals surface area contributed by atoms with E-state index >= 15 is 0 Å².